The Kier molecular flexibility index (Phi) is 23.3. The molecular weight excluding hydrogens is 396 g/mol. The summed E-state index contributed by atoms with van der Waals surface area (Å²) in [5.74, 6) is -0.348. The monoisotopic (exact) mass is 436 g/mol. The Hall–Kier alpha value is -1.11. The van der Waals surface area contributed by atoms with Gasteiger partial charge in [-0.05, 0) is 7.05 Å². The van der Waals surface area contributed by atoms with Gasteiger partial charge in [-0.2, -0.15) is 0 Å². The largest absolute Gasteiger partial charge is 0.466 e. The first-order valence-corrected chi connectivity index (χ1v) is 10.3. The fourth-order valence-corrected chi connectivity index (χ4v) is 1.99. The molecule has 0 aromatic rings. The first-order chi connectivity index (χ1) is 14.7. The number of esters is 1. The molecule has 0 radical (unpaired) electrons. The van der Waals surface area contributed by atoms with Crippen molar-refractivity contribution in [3.8, 4) is 0 Å². The van der Waals surface area contributed by atoms with E-state index in [2.05, 4.69) is 4.74 Å². The Morgan fingerprint density at radius 2 is 1.13 bits per heavy atom. The Balaban J connectivity index is 3.16. The number of likely N-dealkylation sites (N-methyl/N-ethyl adjacent to an activating group) is 1. The van der Waals surface area contributed by atoms with Gasteiger partial charge in [0.15, 0.2) is 0 Å². The highest BCUT2D eigenvalue weighted by Gasteiger charge is 1.98. The quantitative estimate of drug-likeness (QED) is 0.130. The number of methoxy groups -OCH3 is 1. The van der Waals surface area contributed by atoms with Crippen LogP contribution >= 0.6 is 0 Å². The van der Waals surface area contributed by atoms with Crippen LogP contribution in [-0.4, -0.2) is 124 Å². The van der Waals surface area contributed by atoms with Gasteiger partial charge in [0.05, 0.1) is 86.4 Å². The van der Waals surface area contributed by atoms with E-state index in [1.807, 2.05) is 11.9 Å². The predicted molar refractivity (Wildman–Crippen MR) is 113 cm³/mol. The third kappa shape index (κ3) is 23.2. The van der Waals surface area contributed by atoms with Crippen molar-refractivity contribution in [2.75, 3.05) is 113 Å². The number of carbonyl (C=O) groups excluding carboxylic acids is 1. The summed E-state index contributed by atoms with van der Waals surface area (Å²) >= 11 is 0. The van der Waals surface area contributed by atoms with Crippen LogP contribution in [0.2, 0.25) is 0 Å². The fourth-order valence-electron chi connectivity index (χ4n) is 1.99. The van der Waals surface area contributed by atoms with Crippen LogP contribution < -0.4 is 5.73 Å². The second kappa shape index (κ2) is 24.2. The minimum Gasteiger partial charge on any atom is -0.466 e. The number of hydrogen-bond acceptors (Lipinski definition) is 10. The lowest BCUT2D eigenvalue weighted by Crippen LogP contribution is -2.24. The number of hydrogen-bond donors (Lipinski definition) is 1. The standard InChI is InChI=1S/C20H40N2O8/c1-22(6-3-4-20(23)24-2)7-9-26-11-13-28-15-17-30-19-18-29-16-14-27-12-10-25-8-5-21/h3-4H,5-19,21H2,1-2H3/b4-3+. The third-order valence-electron chi connectivity index (χ3n) is 3.61. The van der Waals surface area contributed by atoms with Crippen LogP contribution in [0.4, 0.5) is 0 Å². The minimum atomic E-state index is -0.348. The molecule has 0 fully saturated rings. The summed E-state index contributed by atoms with van der Waals surface area (Å²) in [6, 6.07) is 0. The van der Waals surface area contributed by atoms with Crippen molar-refractivity contribution >= 4 is 5.97 Å². The molecule has 30 heavy (non-hydrogen) atoms. The van der Waals surface area contributed by atoms with Crippen LogP contribution in [0.25, 0.3) is 0 Å². The highest BCUT2D eigenvalue weighted by Crippen LogP contribution is 1.88. The summed E-state index contributed by atoms with van der Waals surface area (Å²) in [5.41, 5.74) is 5.31. The fraction of sp³-hybridized carbons (Fsp3) is 0.850. The number of ether oxygens (including phenoxy) is 7. The van der Waals surface area contributed by atoms with Crippen LogP contribution in [0, 0.1) is 0 Å². The van der Waals surface area contributed by atoms with E-state index in [-0.39, 0.29) is 5.97 Å². The van der Waals surface area contributed by atoms with Crippen molar-refractivity contribution < 1.29 is 38.0 Å². The Labute approximate surface area is 180 Å². The molecular formula is C20H40N2O8. The van der Waals surface area contributed by atoms with Crippen LogP contribution in [0.3, 0.4) is 0 Å². The Morgan fingerprint density at radius 1 is 0.733 bits per heavy atom. The highest BCUT2D eigenvalue weighted by molar-refractivity contribution is 5.81. The van der Waals surface area contributed by atoms with Gasteiger partial charge in [-0.25, -0.2) is 4.79 Å². The second-order valence-corrected chi connectivity index (χ2v) is 6.15. The van der Waals surface area contributed by atoms with Crippen molar-refractivity contribution in [3.05, 3.63) is 12.2 Å². The summed E-state index contributed by atoms with van der Waals surface area (Å²) in [4.78, 5) is 13.0. The molecule has 178 valence electrons. The molecule has 0 aromatic heterocycles. The van der Waals surface area contributed by atoms with E-state index in [1.54, 1.807) is 6.08 Å². The molecule has 0 rings (SSSR count). The first kappa shape index (κ1) is 28.9. The maximum atomic E-state index is 10.9. The van der Waals surface area contributed by atoms with Crippen LogP contribution in [0.5, 0.6) is 0 Å². The van der Waals surface area contributed by atoms with Crippen LogP contribution in [0.1, 0.15) is 0 Å². The van der Waals surface area contributed by atoms with Gasteiger partial charge < -0.3 is 43.8 Å². The Morgan fingerprint density at radius 3 is 1.53 bits per heavy atom. The van der Waals surface area contributed by atoms with Crippen LogP contribution in [0.15, 0.2) is 12.2 Å². The number of nitrogens with two attached hydrogens (primary N) is 1. The maximum absolute atomic E-state index is 10.9. The van der Waals surface area contributed by atoms with Crippen molar-refractivity contribution in [2.45, 2.75) is 0 Å². The van der Waals surface area contributed by atoms with E-state index in [4.69, 9.17) is 34.2 Å². The predicted octanol–water partition coefficient (Wildman–Crippen LogP) is -0.294. The number of nitrogens with zero attached hydrogens (tertiary/aromatic N) is 1. The zero-order valence-electron chi connectivity index (χ0n) is 18.6. The van der Waals surface area contributed by atoms with Gasteiger partial charge in [-0.1, -0.05) is 6.08 Å². The van der Waals surface area contributed by atoms with Crippen molar-refractivity contribution in [1.29, 1.82) is 0 Å². The third-order valence-corrected chi connectivity index (χ3v) is 3.61. The van der Waals surface area contributed by atoms with Gasteiger partial charge >= 0.3 is 5.97 Å². The molecule has 0 aliphatic carbocycles. The molecule has 2 N–H and O–H groups in total. The lowest BCUT2D eigenvalue weighted by atomic mass is 10.4. The summed E-state index contributed by atoms with van der Waals surface area (Å²) in [5, 5.41) is 0. The number of rotatable bonds is 23. The average molecular weight is 437 g/mol. The zero-order chi connectivity index (χ0) is 22.1. The van der Waals surface area contributed by atoms with Gasteiger partial charge in [0.25, 0.3) is 0 Å². The molecule has 0 bridgehead atoms. The molecule has 0 aromatic carbocycles. The lowest BCUT2D eigenvalue weighted by molar-refractivity contribution is -0.134. The first-order valence-electron chi connectivity index (χ1n) is 10.3. The van der Waals surface area contributed by atoms with E-state index in [1.165, 1.54) is 13.2 Å². The van der Waals surface area contributed by atoms with Gasteiger partial charge in [0.2, 0.25) is 0 Å². The molecule has 10 heteroatoms. The summed E-state index contributed by atoms with van der Waals surface area (Å²) in [7, 11) is 3.31. The van der Waals surface area contributed by atoms with Gasteiger partial charge in [0.1, 0.15) is 0 Å². The molecule has 0 amide bonds. The zero-order valence-corrected chi connectivity index (χ0v) is 18.6. The smallest absolute Gasteiger partial charge is 0.330 e. The topological polar surface area (TPSA) is 111 Å². The lowest BCUT2D eigenvalue weighted by Gasteiger charge is -2.14. The summed E-state index contributed by atoms with van der Waals surface area (Å²) in [6.07, 6.45) is 3.17. The molecule has 10 nitrogen and oxygen atoms in total. The maximum Gasteiger partial charge on any atom is 0.330 e. The van der Waals surface area contributed by atoms with Gasteiger partial charge in [-0.15, -0.1) is 0 Å². The molecule has 0 saturated carbocycles. The molecule has 0 saturated heterocycles. The van der Waals surface area contributed by atoms with E-state index >= 15 is 0 Å². The van der Waals surface area contributed by atoms with E-state index in [9.17, 15) is 4.79 Å². The summed E-state index contributed by atoms with van der Waals surface area (Å²) < 4.78 is 36.8. The van der Waals surface area contributed by atoms with Gasteiger partial charge in [-0.3, -0.25) is 0 Å². The van der Waals surface area contributed by atoms with E-state index in [0.717, 1.165) is 6.54 Å². The second-order valence-electron chi connectivity index (χ2n) is 6.15. The molecule has 0 spiro atoms. The average Bonchev–Trinajstić information content (AvgIpc) is 2.75. The highest BCUT2D eigenvalue weighted by atomic mass is 16.6. The molecule has 0 unspecified atom stereocenters. The minimum absolute atomic E-state index is 0.348. The van der Waals surface area contributed by atoms with Gasteiger partial charge in [0, 0.05) is 25.7 Å². The van der Waals surface area contributed by atoms with Crippen LogP contribution in [-0.2, 0) is 38.0 Å². The van der Waals surface area contributed by atoms with E-state index in [0.29, 0.717) is 92.4 Å². The Bertz CT molecular complexity index is 399. The van der Waals surface area contributed by atoms with Crippen molar-refractivity contribution in [1.82, 2.24) is 4.90 Å². The normalized spacial score (nSPS) is 11.6. The SMILES string of the molecule is COC(=O)/C=C/CN(C)CCOCCOCCOCCOCCOCCOCCN. The molecule has 0 heterocycles. The molecule has 0 aliphatic heterocycles. The van der Waals surface area contributed by atoms with E-state index < -0.39 is 0 Å². The summed E-state index contributed by atoms with van der Waals surface area (Å²) in [6.45, 7) is 8.44. The molecule has 0 aliphatic rings. The number of carbonyl (C=O) groups is 1. The van der Waals surface area contributed by atoms with Crippen molar-refractivity contribution in [3.63, 3.8) is 0 Å². The van der Waals surface area contributed by atoms with Crippen molar-refractivity contribution in [2.24, 2.45) is 5.73 Å². The molecule has 0 atom stereocenters.